The average molecular weight is 465 g/mol. The zero-order valence-corrected chi connectivity index (χ0v) is 17.7. The molecule has 0 aliphatic carbocycles. The molecular formula is C19H17BrN2O3S2. The van der Waals surface area contributed by atoms with Crippen LogP contribution in [0.3, 0.4) is 0 Å². The summed E-state index contributed by atoms with van der Waals surface area (Å²) in [7, 11) is -3.07. The van der Waals surface area contributed by atoms with Gasteiger partial charge in [-0.1, -0.05) is 39.8 Å². The largest absolute Gasteiger partial charge is 0.316 e. The number of amides is 1. The van der Waals surface area contributed by atoms with E-state index in [1.54, 1.807) is 24.3 Å². The summed E-state index contributed by atoms with van der Waals surface area (Å²) in [6, 6.07) is 14.7. The Morgan fingerprint density at radius 1 is 1.19 bits per heavy atom. The lowest BCUT2D eigenvalue weighted by Gasteiger charge is -2.24. The number of aryl methyl sites for hydroxylation is 1. The number of carbonyl (C=O) groups excluding carboxylic acids is 1. The quantitative estimate of drug-likeness (QED) is 0.677. The minimum absolute atomic E-state index is 0.0874. The van der Waals surface area contributed by atoms with Crippen LogP contribution in [-0.2, 0) is 9.84 Å². The highest BCUT2D eigenvalue weighted by molar-refractivity contribution is 9.10. The van der Waals surface area contributed by atoms with E-state index in [0.29, 0.717) is 10.7 Å². The van der Waals surface area contributed by atoms with Crippen LogP contribution < -0.4 is 4.90 Å². The standard InChI is InChI=1S/C19H17BrN2O3S2/c1-12-3-2-4-15(9-12)22-16-10-27(24,25)11-17(16)26-19(22)21-18(23)13-5-7-14(20)8-6-13/h2-9,16-17H,10-11H2,1H3/t16-,17+/m0/s1. The SMILES string of the molecule is Cc1cccc(N2C(=NC(=O)c3ccc(Br)cc3)S[C@@H]3CS(=O)(=O)C[C@@H]32)c1. The number of fused-ring (bicyclic) bond motifs is 1. The van der Waals surface area contributed by atoms with Gasteiger partial charge in [-0.2, -0.15) is 4.99 Å². The summed E-state index contributed by atoms with van der Waals surface area (Å²) in [5.41, 5.74) is 2.44. The van der Waals surface area contributed by atoms with Crippen LogP contribution in [0.2, 0.25) is 0 Å². The van der Waals surface area contributed by atoms with Crippen molar-refractivity contribution in [3.63, 3.8) is 0 Å². The first-order chi connectivity index (χ1) is 12.8. The van der Waals surface area contributed by atoms with Crippen LogP contribution in [0, 0.1) is 6.92 Å². The average Bonchev–Trinajstić information content (AvgIpc) is 3.06. The summed E-state index contributed by atoms with van der Waals surface area (Å²) in [5, 5.41) is 0.463. The molecule has 2 aromatic carbocycles. The fourth-order valence-corrected chi connectivity index (χ4v) is 7.56. The Kier molecular flexibility index (Phi) is 4.90. The van der Waals surface area contributed by atoms with Crippen molar-refractivity contribution in [1.29, 1.82) is 0 Å². The van der Waals surface area contributed by atoms with E-state index in [4.69, 9.17) is 0 Å². The van der Waals surface area contributed by atoms with E-state index in [9.17, 15) is 13.2 Å². The minimum atomic E-state index is -3.07. The summed E-state index contributed by atoms with van der Waals surface area (Å²) < 4.78 is 25.1. The number of aliphatic imine (C=N–C) groups is 1. The van der Waals surface area contributed by atoms with Crippen molar-refractivity contribution in [1.82, 2.24) is 0 Å². The van der Waals surface area contributed by atoms with Crippen molar-refractivity contribution in [3.8, 4) is 0 Å². The Labute approximate surface area is 170 Å². The molecule has 2 aliphatic rings. The molecular weight excluding hydrogens is 448 g/mol. The highest BCUT2D eigenvalue weighted by Crippen LogP contribution is 2.41. The predicted molar refractivity (Wildman–Crippen MR) is 113 cm³/mol. The smallest absolute Gasteiger partial charge is 0.279 e. The van der Waals surface area contributed by atoms with E-state index in [-0.39, 0.29) is 28.7 Å². The lowest BCUT2D eigenvalue weighted by Crippen LogP contribution is -2.37. The number of halogens is 1. The van der Waals surface area contributed by atoms with E-state index in [2.05, 4.69) is 20.9 Å². The van der Waals surface area contributed by atoms with Crippen LogP contribution >= 0.6 is 27.7 Å². The Hall–Kier alpha value is -1.64. The first kappa shape index (κ1) is 18.7. The van der Waals surface area contributed by atoms with Crippen LogP contribution in [0.25, 0.3) is 0 Å². The zero-order valence-electron chi connectivity index (χ0n) is 14.5. The topological polar surface area (TPSA) is 66.8 Å². The summed E-state index contributed by atoms with van der Waals surface area (Å²) in [6.45, 7) is 1.99. The molecule has 4 rings (SSSR count). The molecule has 2 fully saturated rings. The fourth-order valence-electron chi connectivity index (χ4n) is 3.39. The van der Waals surface area contributed by atoms with Crippen molar-refractivity contribution in [3.05, 3.63) is 64.1 Å². The number of hydrogen-bond donors (Lipinski definition) is 0. The van der Waals surface area contributed by atoms with Crippen molar-refractivity contribution in [2.75, 3.05) is 16.4 Å². The maximum atomic E-state index is 12.6. The van der Waals surface area contributed by atoms with Gasteiger partial charge in [0.05, 0.1) is 17.5 Å². The molecule has 2 saturated heterocycles. The highest BCUT2D eigenvalue weighted by Gasteiger charge is 2.49. The molecule has 0 aromatic heterocycles. The van der Waals surface area contributed by atoms with Crippen LogP contribution in [0.1, 0.15) is 15.9 Å². The number of amidine groups is 1. The van der Waals surface area contributed by atoms with E-state index < -0.39 is 9.84 Å². The summed E-state index contributed by atoms with van der Waals surface area (Å²) in [5.74, 6) is -0.120. The number of anilines is 1. The molecule has 0 saturated carbocycles. The van der Waals surface area contributed by atoms with Gasteiger partial charge >= 0.3 is 0 Å². The molecule has 8 heteroatoms. The minimum Gasteiger partial charge on any atom is -0.316 e. The Morgan fingerprint density at radius 3 is 2.63 bits per heavy atom. The van der Waals surface area contributed by atoms with Gasteiger partial charge in [-0.05, 0) is 48.9 Å². The van der Waals surface area contributed by atoms with E-state index >= 15 is 0 Å². The molecule has 2 heterocycles. The number of carbonyl (C=O) groups is 1. The molecule has 5 nitrogen and oxygen atoms in total. The van der Waals surface area contributed by atoms with Crippen molar-refractivity contribution in [2.45, 2.75) is 18.2 Å². The fraction of sp³-hybridized carbons (Fsp3) is 0.263. The molecule has 0 bridgehead atoms. The number of hydrogen-bond acceptors (Lipinski definition) is 4. The van der Waals surface area contributed by atoms with Crippen molar-refractivity contribution in [2.24, 2.45) is 4.99 Å². The van der Waals surface area contributed by atoms with E-state index in [1.165, 1.54) is 11.8 Å². The second kappa shape index (κ2) is 7.07. The van der Waals surface area contributed by atoms with Gasteiger partial charge in [0.1, 0.15) is 0 Å². The highest BCUT2D eigenvalue weighted by atomic mass is 79.9. The zero-order chi connectivity index (χ0) is 19.2. The third-order valence-corrected chi connectivity index (χ3v) is 8.37. The van der Waals surface area contributed by atoms with E-state index in [1.807, 2.05) is 36.1 Å². The molecule has 1 amide bonds. The number of sulfone groups is 1. The Bertz CT molecular complexity index is 1040. The Morgan fingerprint density at radius 2 is 1.93 bits per heavy atom. The lowest BCUT2D eigenvalue weighted by atomic mass is 10.1. The van der Waals surface area contributed by atoms with Crippen LogP contribution in [0.4, 0.5) is 5.69 Å². The molecule has 0 N–H and O–H groups in total. The first-order valence-corrected chi connectivity index (χ1v) is 11.9. The third kappa shape index (κ3) is 3.83. The lowest BCUT2D eigenvalue weighted by molar-refractivity contribution is 0.100. The number of thioether (sulfide) groups is 1. The number of benzene rings is 2. The summed E-state index contributed by atoms with van der Waals surface area (Å²) in [6.07, 6.45) is 0. The number of nitrogens with zero attached hydrogens (tertiary/aromatic N) is 2. The van der Waals surface area contributed by atoms with Crippen molar-refractivity contribution >= 4 is 54.3 Å². The summed E-state index contributed by atoms with van der Waals surface area (Å²) in [4.78, 5) is 18.9. The number of rotatable bonds is 2. The monoisotopic (exact) mass is 464 g/mol. The van der Waals surface area contributed by atoms with Gasteiger partial charge in [-0.15, -0.1) is 0 Å². The van der Waals surface area contributed by atoms with Crippen LogP contribution in [0.15, 0.2) is 58.0 Å². The normalized spacial score (nSPS) is 25.0. The second-order valence-electron chi connectivity index (χ2n) is 6.72. The third-order valence-electron chi connectivity index (χ3n) is 4.63. The predicted octanol–water partition coefficient (Wildman–Crippen LogP) is 3.67. The second-order valence-corrected chi connectivity index (χ2v) is 11.0. The van der Waals surface area contributed by atoms with Crippen LogP contribution in [0.5, 0.6) is 0 Å². The molecule has 2 atom stereocenters. The first-order valence-electron chi connectivity index (χ1n) is 8.44. The maximum absolute atomic E-state index is 12.6. The maximum Gasteiger partial charge on any atom is 0.279 e. The van der Waals surface area contributed by atoms with E-state index in [0.717, 1.165) is 15.7 Å². The molecule has 2 aromatic rings. The summed E-state index contributed by atoms with van der Waals surface area (Å²) >= 11 is 4.74. The van der Waals surface area contributed by atoms with Gasteiger partial charge in [0.15, 0.2) is 15.0 Å². The molecule has 27 heavy (non-hydrogen) atoms. The molecule has 0 spiro atoms. The Balaban J connectivity index is 1.72. The molecule has 0 unspecified atom stereocenters. The van der Waals surface area contributed by atoms with Gasteiger partial charge in [0.25, 0.3) is 5.91 Å². The van der Waals surface area contributed by atoms with Gasteiger partial charge < -0.3 is 4.90 Å². The molecule has 0 radical (unpaired) electrons. The van der Waals surface area contributed by atoms with Gasteiger partial charge in [0, 0.05) is 21.0 Å². The van der Waals surface area contributed by atoms with Gasteiger partial charge in [-0.3, -0.25) is 4.79 Å². The van der Waals surface area contributed by atoms with Crippen molar-refractivity contribution < 1.29 is 13.2 Å². The molecule has 2 aliphatic heterocycles. The van der Waals surface area contributed by atoms with Crippen LogP contribution in [-0.4, -0.2) is 42.3 Å². The van der Waals surface area contributed by atoms with Gasteiger partial charge in [-0.25, -0.2) is 8.42 Å². The van der Waals surface area contributed by atoms with Gasteiger partial charge in [0.2, 0.25) is 0 Å². The molecule has 140 valence electrons.